The first kappa shape index (κ1) is 17.5. The first-order valence-electron chi connectivity index (χ1n) is 8.13. The molecule has 3 rings (SSSR count). The first-order chi connectivity index (χ1) is 12.5. The highest BCUT2D eigenvalue weighted by Crippen LogP contribution is 2.12. The van der Waals surface area contributed by atoms with Gasteiger partial charge in [0.1, 0.15) is 6.54 Å². The summed E-state index contributed by atoms with van der Waals surface area (Å²) in [6.45, 7) is 1.10. The van der Waals surface area contributed by atoms with Crippen LogP contribution in [0.2, 0.25) is 0 Å². The average molecular weight is 354 g/mol. The number of oxazole rings is 1. The van der Waals surface area contributed by atoms with Crippen LogP contribution in [-0.2, 0) is 20.9 Å². The van der Waals surface area contributed by atoms with Crippen LogP contribution in [0.3, 0.4) is 0 Å². The number of nitrogens with one attached hydrogen (secondary N) is 1. The SMILES string of the molecule is C[C@@H](NC(=O)COC(=O)Cn1c(=O)oc2ccccc21)c1ccccc1. The molecule has 0 saturated heterocycles. The number of esters is 1. The van der Waals surface area contributed by atoms with Crippen molar-refractivity contribution in [2.24, 2.45) is 0 Å². The first-order valence-corrected chi connectivity index (χ1v) is 8.13. The van der Waals surface area contributed by atoms with Crippen LogP contribution >= 0.6 is 0 Å². The van der Waals surface area contributed by atoms with Gasteiger partial charge in [0, 0.05) is 0 Å². The minimum atomic E-state index is -0.693. The molecule has 1 N–H and O–H groups in total. The number of aromatic nitrogens is 1. The largest absolute Gasteiger partial charge is 0.454 e. The highest BCUT2D eigenvalue weighted by molar-refractivity contribution is 5.81. The molecular weight excluding hydrogens is 336 g/mol. The van der Waals surface area contributed by atoms with Crippen LogP contribution in [0.5, 0.6) is 0 Å². The second-order valence-electron chi connectivity index (χ2n) is 5.78. The van der Waals surface area contributed by atoms with E-state index in [1.807, 2.05) is 37.3 Å². The molecule has 0 radical (unpaired) electrons. The molecule has 1 heterocycles. The summed E-state index contributed by atoms with van der Waals surface area (Å²) < 4.78 is 11.2. The maximum atomic E-state index is 12.0. The van der Waals surface area contributed by atoms with E-state index in [0.717, 1.165) is 5.56 Å². The molecule has 3 aromatic rings. The van der Waals surface area contributed by atoms with Crippen molar-refractivity contribution in [3.8, 4) is 0 Å². The van der Waals surface area contributed by atoms with Crippen LogP contribution < -0.4 is 11.1 Å². The fourth-order valence-electron chi connectivity index (χ4n) is 2.59. The van der Waals surface area contributed by atoms with Crippen LogP contribution in [0.1, 0.15) is 18.5 Å². The quantitative estimate of drug-likeness (QED) is 0.684. The summed E-state index contributed by atoms with van der Waals surface area (Å²) in [6.07, 6.45) is 0. The Morgan fingerprint density at radius 3 is 2.58 bits per heavy atom. The van der Waals surface area contributed by atoms with Crippen molar-refractivity contribution in [1.29, 1.82) is 0 Å². The average Bonchev–Trinajstić information content (AvgIpc) is 2.96. The summed E-state index contributed by atoms with van der Waals surface area (Å²) in [5, 5.41) is 2.75. The number of rotatable bonds is 6. The molecule has 2 aromatic carbocycles. The summed E-state index contributed by atoms with van der Waals surface area (Å²) in [4.78, 5) is 35.7. The molecule has 1 amide bonds. The maximum Gasteiger partial charge on any atom is 0.420 e. The molecule has 1 aromatic heterocycles. The summed E-state index contributed by atoms with van der Waals surface area (Å²) in [5.41, 5.74) is 1.83. The molecule has 0 unspecified atom stereocenters. The van der Waals surface area contributed by atoms with Crippen molar-refractivity contribution in [1.82, 2.24) is 9.88 Å². The van der Waals surface area contributed by atoms with Crippen molar-refractivity contribution in [3.63, 3.8) is 0 Å². The summed E-state index contributed by atoms with van der Waals surface area (Å²) in [7, 11) is 0. The number of carbonyl (C=O) groups is 2. The molecule has 0 aliphatic heterocycles. The smallest absolute Gasteiger partial charge is 0.420 e. The van der Waals surface area contributed by atoms with Gasteiger partial charge in [-0.05, 0) is 24.6 Å². The Morgan fingerprint density at radius 1 is 1.12 bits per heavy atom. The van der Waals surface area contributed by atoms with Crippen molar-refractivity contribution >= 4 is 23.0 Å². The van der Waals surface area contributed by atoms with Crippen LogP contribution in [0, 0.1) is 0 Å². The lowest BCUT2D eigenvalue weighted by atomic mass is 10.1. The van der Waals surface area contributed by atoms with E-state index >= 15 is 0 Å². The van der Waals surface area contributed by atoms with Gasteiger partial charge in [0.25, 0.3) is 5.91 Å². The molecule has 0 fully saturated rings. The van der Waals surface area contributed by atoms with Crippen molar-refractivity contribution in [2.45, 2.75) is 19.5 Å². The number of hydrogen-bond acceptors (Lipinski definition) is 5. The molecule has 26 heavy (non-hydrogen) atoms. The van der Waals surface area contributed by atoms with Crippen molar-refractivity contribution in [3.05, 3.63) is 70.7 Å². The molecule has 0 aliphatic rings. The van der Waals surface area contributed by atoms with E-state index in [1.165, 1.54) is 4.57 Å². The highest BCUT2D eigenvalue weighted by Gasteiger charge is 2.15. The molecular formula is C19H18N2O5. The molecule has 0 bridgehead atoms. The zero-order valence-electron chi connectivity index (χ0n) is 14.2. The zero-order valence-corrected chi connectivity index (χ0v) is 14.2. The fourth-order valence-corrected chi connectivity index (χ4v) is 2.59. The topological polar surface area (TPSA) is 90.5 Å². The predicted molar refractivity (Wildman–Crippen MR) is 94.4 cm³/mol. The van der Waals surface area contributed by atoms with E-state index in [2.05, 4.69) is 5.32 Å². The zero-order chi connectivity index (χ0) is 18.5. The van der Waals surface area contributed by atoms with Gasteiger partial charge in [-0.3, -0.25) is 14.2 Å². The van der Waals surface area contributed by atoms with E-state index in [-0.39, 0.29) is 12.6 Å². The van der Waals surface area contributed by atoms with Crippen molar-refractivity contribution in [2.75, 3.05) is 6.61 Å². The minimum absolute atomic E-state index is 0.206. The molecule has 0 saturated carbocycles. The summed E-state index contributed by atoms with van der Waals surface area (Å²) >= 11 is 0. The van der Waals surface area contributed by atoms with E-state index in [0.29, 0.717) is 11.1 Å². The Bertz CT molecular complexity index is 974. The lowest BCUT2D eigenvalue weighted by Gasteiger charge is -2.14. The Morgan fingerprint density at radius 2 is 1.81 bits per heavy atom. The molecule has 7 nitrogen and oxygen atoms in total. The number of nitrogens with zero attached hydrogens (tertiary/aromatic N) is 1. The Balaban J connectivity index is 1.54. The highest BCUT2D eigenvalue weighted by atomic mass is 16.5. The van der Waals surface area contributed by atoms with Crippen LogP contribution in [0.15, 0.2) is 63.8 Å². The second-order valence-corrected chi connectivity index (χ2v) is 5.78. The normalized spacial score (nSPS) is 11.9. The summed E-state index contributed by atoms with van der Waals surface area (Å²) in [6, 6.07) is 16.0. The van der Waals surface area contributed by atoms with Gasteiger partial charge in [0.2, 0.25) is 0 Å². The van der Waals surface area contributed by atoms with E-state index in [4.69, 9.17) is 9.15 Å². The predicted octanol–water partition coefficient (Wildman–Crippen LogP) is 2.02. The Labute approximate surface area is 149 Å². The van der Waals surface area contributed by atoms with Gasteiger partial charge in [-0.1, -0.05) is 42.5 Å². The van der Waals surface area contributed by atoms with Gasteiger partial charge in [-0.25, -0.2) is 4.79 Å². The third kappa shape index (κ3) is 4.00. The van der Waals surface area contributed by atoms with Crippen LogP contribution in [0.4, 0.5) is 0 Å². The Kier molecular flexibility index (Phi) is 5.17. The fraction of sp³-hybridized carbons (Fsp3) is 0.211. The monoisotopic (exact) mass is 354 g/mol. The summed E-state index contributed by atoms with van der Waals surface area (Å²) in [5.74, 6) is -1.76. The number of para-hydroxylation sites is 2. The lowest BCUT2D eigenvalue weighted by molar-refractivity contribution is -0.149. The van der Waals surface area contributed by atoms with Crippen molar-refractivity contribution < 1.29 is 18.7 Å². The van der Waals surface area contributed by atoms with Crippen LogP contribution in [-0.4, -0.2) is 23.1 Å². The maximum absolute atomic E-state index is 12.0. The molecule has 1 atom stereocenters. The minimum Gasteiger partial charge on any atom is -0.454 e. The van der Waals surface area contributed by atoms with E-state index < -0.39 is 24.2 Å². The number of fused-ring (bicyclic) bond motifs is 1. The second kappa shape index (κ2) is 7.69. The van der Waals surface area contributed by atoms with Gasteiger partial charge in [0.05, 0.1) is 11.6 Å². The van der Waals surface area contributed by atoms with Gasteiger partial charge in [-0.15, -0.1) is 0 Å². The Hall–Kier alpha value is -3.35. The van der Waals surface area contributed by atoms with E-state index in [1.54, 1.807) is 24.3 Å². The standard InChI is InChI=1S/C19H18N2O5/c1-13(14-7-3-2-4-8-14)20-17(22)12-25-18(23)11-21-15-9-5-6-10-16(15)26-19(21)24/h2-10,13H,11-12H2,1H3,(H,20,22)/t13-/m1/s1. The van der Waals surface area contributed by atoms with Crippen LogP contribution in [0.25, 0.3) is 11.1 Å². The van der Waals surface area contributed by atoms with Gasteiger partial charge >= 0.3 is 11.7 Å². The number of ether oxygens (including phenoxy) is 1. The number of hydrogen-bond donors (Lipinski definition) is 1. The van der Waals surface area contributed by atoms with Gasteiger partial charge < -0.3 is 14.5 Å². The number of benzene rings is 2. The molecule has 0 aliphatic carbocycles. The molecule has 134 valence electrons. The third-order valence-electron chi connectivity index (χ3n) is 3.90. The molecule has 7 heteroatoms. The molecule has 0 spiro atoms. The third-order valence-corrected chi connectivity index (χ3v) is 3.90. The van der Waals surface area contributed by atoms with E-state index in [9.17, 15) is 14.4 Å². The van der Waals surface area contributed by atoms with Gasteiger partial charge in [-0.2, -0.15) is 0 Å². The van der Waals surface area contributed by atoms with Gasteiger partial charge in [0.15, 0.2) is 12.2 Å². The lowest BCUT2D eigenvalue weighted by Crippen LogP contribution is -2.32. The number of amides is 1. The number of carbonyl (C=O) groups excluding carboxylic acids is 2.